The topological polar surface area (TPSA) is 57.6 Å². The van der Waals surface area contributed by atoms with Gasteiger partial charge in [0.25, 0.3) is 0 Å². The molecule has 2 rings (SSSR count). The van der Waals surface area contributed by atoms with Crippen molar-refractivity contribution in [3.8, 4) is 0 Å². The van der Waals surface area contributed by atoms with Crippen molar-refractivity contribution in [3.05, 3.63) is 11.6 Å². The Kier molecular flexibility index (Phi) is 3.73. The molecule has 0 unspecified atom stereocenters. The zero-order valence-corrected chi connectivity index (χ0v) is 10.9. The third-order valence-electron chi connectivity index (χ3n) is 4.19. The minimum Gasteiger partial charge on any atom is -0.481 e. The van der Waals surface area contributed by atoms with Crippen LogP contribution in [0.15, 0.2) is 11.6 Å². The van der Waals surface area contributed by atoms with Gasteiger partial charge in [0.15, 0.2) is 0 Å². The molecule has 18 heavy (non-hydrogen) atoms. The highest BCUT2D eigenvalue weighted by atomic mass is 16.4. The van der Waals surface area contributed by atoms with Gasteiger partial charge in [0, 0.05) is 19.5 Å². The fourth-order valence-corrected chi connectivity index (χ4v) is 3.04. The van der Waals surface area contributed by atoms with Crippen molar-refractivity contribution < 1.29 is 14.7 Å². The Labute approximate surface area is 108 Å². The van der Waals surface area contributed by atoms with Crippen LogP contribution in [0.25, 0.3) is 0 Å². The lowest BCUT2D eigenvalue weighted by atomic mass is 9.82. The molecular weight excluding hydrogens is 230 g/mol. The maximum atomic E-state index is 12.2. The molecule has 0 aromatic rings. The van der Waals surface area contributed by atoms with E-state index in [-0.39, 0.29) is 12.3 Å². The summed E-state index contributed by atoms with van der Waals surface area (Å²) in [4.78, 5) is 25.5. The molecule has 1 heterocycles. The molecule has 2 aliphatic rings. The number of carbonyl (C=O) groups is 2. The highest BCUT2D eigenvalue weighted by molar-refractivity contribution is 5.85. The van der Waals surface area contributed by atoms with E-state index < -0.39 is 11.4 Å². The fourth-order valence-electron chi connectivity index (χ4n) is 3.04. The van der Waals surface area contributed by atoms with Gasteiger partial charge in [-0.15, -0.1) is 0 Å². The van der Waals surface area contributed by atoms with E-state index in [0.29, 0.717) is 19.4 Å². The Morgan fingerprint density at radius 2 is 2.06 bits per heavy atom. The largest absolute Gasteiger partial charge is 0.481 e. The second-order valence-electron chi connectivity index (χ2n) is 5.62. The predicted molar refractivity (Wildman–Crippen MR) is 68.1 cm³/mol. The second-order valence-corrected chi connectivity index (χ2v) is 5.62. The summed E-state index contributed by atoms with van der Waals surface area (Å²) in [6, 6.07) is 0. The molecule has 0 saturated heterocycles. The normalized spacial score (nSPS) is 22.7. The van der Waals surface area contributed by atoms with E-state index in [1.165, 1.54) is 5.57 Å². The molecule has 4 nitrogen and oxygen atoms in total. The molecule has 100 valence electrons. The average molecular weight is 251 g/mol. The quantitative estimate of drug-likeness (QED) is 0.782. The van der Waals surface area contributed by atoms with Crippen LogP contribution in [-0.4, -0.2) is 35.0 Å². The Balaban J connectivity index is 2.02. The molecule has 0 aromatic heterocycles. The van der Waals surface area contributed by atoms with Gasteiger partial charge < -0.3 is 10.0 Å². The van der Waals surface area contributed by atoms with Gasteiger partial charge in [-0.3, -0.25) is 9.59 Å². The summed E-state index contributed by atoms with van der Waals surface area (Å²) >= 11 is 0. The Morgan fingerprint density at radius 1 is 1.39 bits per heavy atom. The molecule has 1 amide bonds. The number of nitrogens with zero attached hydrogens (tertiary/aromatic N) is 1. The SMILES string of the molecule is CC1=CCCN(C(=O)CC2(C(=O)O)CCCC2)C1. The molecule has 0 bridgehead atoms. The van der Waals surface area contributed by atoms with Crippen molar-refractivity contribution in [2.75, 3.05) is 13.1 Å². The van der Waals surface area contributed by atoms with Gasteiger partial charge in [0.1, 0.15) is 0 Å². The van der Waals surface area contributed by atoms with Crippen molar-refractivity contribution in [2.24, 2.45) is 5.41 Å². The first kappa shape index (κ1) is 13.1. The summed E-state index contributed by atoms with van der Waals surface area (Å²) in [7, 11) is 0. The van der Waals surface area contributed by atoms with Gasteiger partial charge in [-0.05, 0) is 26.2 Å². The number of carbonyl (C=O) groups excluding carboxylic acids is 1. The Hall–Kier alpha value is -1.32. The van der Waals surface area contributed by atoms with Crippen LogP contribution in [0.5, 0.6) is 0 Å². The summed E-state index contributed by atoms with van der Waals surface area (Å²) in [6.45, 7) is 3.41. The van der Waals surface area contributed by atoms with Crippen LogP contribution in [0.3, 0.4) is 0 Å². The molecule has 1 aliphatic carbocycles. The van der Waals surface area contributed by atoms with E-state index in [1.807, 2.05) is 6.92 Å². The number of amides is 1. The summed E-state index contributed by atoms with van der Waals surface area (Å²) in [5.41, 5.74) is 0.414. The molecule has 0 aromatic carbocycles. The number of rotatable bonds is 3. The van der Waals surface area contributed by atoms with Gasteiger partial charge in [-0.2, -0.15) is 0 Å². The van der Waals surface area contributed by atoms with Crippen molar-refractivity contribution in [1.82, 2.24) is 4.90 Å². The average Bonchev–Trinajstić information content (AvgIpc) is 2.79. The molecule has 1 aliphatic heterocycles. The smallest absolute Gasteiger partial charge is 0.310 e. The first-order valence-corrected chi connectivity index (χ1v) is 6.70. The standard InChI is InChI=1S/C14H21NO3/c1-11-5-4-8-15(10-11)12(16)9-14(13(17)18)6-2-3-7-14/h5H,2-4,6-10H2,1H3,(H,17,18). The van der Waals surface area contributed by atoms with E-state index in [9.17, 15) is 14.7 Å². The molecule has 0 atom stereocenters. The summed E-state index contributed by atoms with van der Waals surface area (Å²) < 4.78 is 0. The number of carboxylic acids is 1. The molecule has 0 radical (unpaired) electrons. The van der Waals surface area contributed by atoms with Crippen LogP contribution in [0, 0.1) is 5.41 Å². The van der Waals surface area contributed by atoms with E-state index >= 15 is 0 Å². The third kappa shape index (κ3) is 2.57. The minimum atomic E-state index is -0.794. The van der Waals surface area contributed by atoms with Crippen molar-refractivity contribution in [3.63, 3.8) is 0 Å². The monoisotopic (exact) mass is 251 g/mol. The number of aliphatic carboxylic acids is 1. The molecule has 1 fully saturated rings. The Bertz CT molecular complexity index is 381. The Morgan fingerprint density at radius 3 is 2.61 bits per heavy atom. The maximum Gasteiger partial charge on any atom is 0.310 e. The van der Waals surface area contributed by atoms with Crippen molar-refractivity contribution in [1.29, 1.82) is 0 Å². The van der Waals surface area contributed by atoms with Crippen LogP contribution in [0.2, 0.25) is 0 Å². The number of hydrogen-bond donors (Lipinski definition) is 1. The van der Waals surface area contributed by atoms with Crippen LogP contribution < -0.4 is 0 Å². The molecular formula is C14H21NO3. The highest BCUT2D eigenvalue weighted by Crippen LogP contribution is 2.41. The van der Waals surface area contributed by atoms with Crippen LogP contribution in [0.1, 0.15) is 45.4 Å². The van der Waals surface area contributed by atoms with Crippen LogP contribution >= 0.6 is 0 Å². The first-order chi connectivity index (χ1) is 8.53. The number of carboxylic acid groups (broad SMARTS) is 1. The fraction of sp³-hybridized carbons (Fsp3) is 0.714. The zero-order chi connectivity index (χ0) is 13.2. The molecule has 1 saturated carbocycles. The maximum absolute atomic E-state index is 12.2. The van der Waals surface area contributed by atoms with Crippen molar-refractivity contribution in [2.45, 2.75) is 45.4 Å². The lowest BCUT2D eigenvalue weighted by molar-refractivity contribution is -0.153. The zero-order valence-electron chi connectivity index (χ0n) is 10.9. The lowest BCUT2D eigenvalue weighted by Gasteiger charge is -2.30. The van der Waals surface area contributed by atoms with Crippen LogP contribution in [-0.2, 0) is 9.59 Å². The summed E-state index contributed by atoms with van der Waals surface area (Å²) in [5.74, 6) is -0.788. The molecule has 0 spiro atoms. The van der Waals surface area contributed by atoms with Crippen molar-refractivity contribution >= 4 is 11.9 Å². The van der Waals surface area contributed by atoms with E-state index in [2.05, 4.69) is 6.08 Å². The van der Waals surface area contributed by atoms with Gasteiger partial charge in [0.2, 0.25) is 5.91 Å². The van der Waals surface area contributed by atoms with E-state index in [0.717, 1.165) is 25.8 Å². The van der Waals surface area contributed by atoms with E-state index in [4.69, 9.17) is 0 Å². The third-order valence-corrected chi connectivity index (χ3v) is 4.19. The van der Waals surface area contributed by atoms with Gasteiger partial charge >= 0.3 is 5.97 Å². The predicted octanol–water partition coefficient (Wildman–Crippen LogP) is 2.20. The number of hydrogen-bond acceptors (Lipinski definition) is 2. The summed E-state index contributed by atoms with van der Waals surface area (Å²) in [5, 5.41) is 9.38. The lowest BCUT2D eigenvalue weighted by Crippen LogP contribution is -2.40. The molecule has 1 N–H and O–H groups in total. The molecule has 4 heteroatoms. The highest BCUT2D eigenvalue weighted by Gasteiger charge is 2.43. The minimum absolute atomic E-state index is 0.00625. The van der Waals surface area contributed by atoms with Crippen LogP contribution in [0.4, 0.5) is 0 Å². The second kappa shape index (κ2) is 5.12. The summed E-state index contributed by atoms with van der Waals surface area (Å²) in [6.07, 6.45) is 6.37. The van der Waals surface area contributed by atoms with Gasteiger partial charge in [0.05, 0.1) is 5.41 Å². The van der Waals surface area contributed by atoms with E-state index in [1.54, 1.807) is 4.90 Å². The first-order valence-electron chi connectivity index (χ1n) is 6.70. The van der Waals surface area contributed by atoms with Gasteiger partial charge in [-0.1, -0.05) is 24.5 Å². The van der Waals surface area contributed by atoms with Gasteiger partial charge in [-0.25, -0.2) is 0 Å².